The summed E-state index contributed by atoms with van der Waals surface area (Å²) in [5.41, 5.74) is 5.60. The Kier molecular flexibility index (Phi) is 7.79. The molecule has 1 saturated carbocycles. The predicted molar refractivity (Wildman–Crippen MR) is 53.6 cm³/mol. The lowest BCUT2D eigenvalue weighted by atomic mass is 9.81. The van der Waals surface area contributed by atoms with Crippen LogP contribution in [0.4, 0.5) is 0 Å². The maximum absolute atomic E-state index is 5.60. The van der Waals surface area contributed by atoms with Gasteiger partial charge in [-0.05, 0) is 25.7 Å². The Bertz CT molecular complexity index is 95.1. The monoisotopic (exact) mass is 191 g/mol. The molecule has 74 valence electrons. The summed E-state index contributed by atoms with van der Waals surface area (Å²) in [5, 5.41) is 0. The van der Waals surface area contributed by atoms with Crippen LogP contribution in [-0.4, -0.2) is 30.3 Å². The third-order valence-corrected chi connectivity index (χ3v) is 2.60. The molecule has 0 spiro atoms. The Morgan fingerprint density at radius 3 is 1.83 bits per heavy atom. The molecule has 0 aromatic heterocycles. The van der Waals surface area contributed by atoms with E-state index in [1.54, 1.807) is 14.2 Å². The van der Waals surface area contributed by atoms with Crippen molar-refractivity contribution in [2.24, 2.45) is 11.7 Å². The second-order valence-corrected chi connectivity index (χ2v) is 4.64. The molecule has 1 aliphatic carbocycles. The van der Waals surface area contributed by atoms with E-state index in [-0.39, 0.29) is 0 Å². The van der Waals surface area contributed by atoms with Crippen LogP contribution in [0.2, 0.25) is 0 Å². The fourth-order valence-corrected chi connectivity index (χ4v) is 1.32. The first-order chi connectivity index (χ1) is 5.72. The first-order valence-corrected chi connectivity index (χ1v) is 5.61. The van der Waals surface area contributed by atoms with Crippen molar-refractivity contribution < 1.29 is 8.85 Å². The number of hydrogen-bond acceptors (Lipinski definition) is 3. The van der Waals surface area contributed by atoms with Crippen LogP contribution in [0.25, 0.3) is 0 Å². The predicted octanol–water partition coefficient (Wildman–Crippen LogP) is 0.412. The van der Waals surface area contributed by atoms with Gasteiger partial charge in [0.25, 0.3) is 0 Å². The Morgan fingerprint density at radius 2 is 1.83 bits per heavy atom. The summed E-state index contributed by atoms with van der Waals surface area (Å²) in [5.74, 6) is 0.861. The Labute approximate surface area is 77.7 Å². The summed E-state index contributed by atoms with van der Waals surface area (Å²) < 4.78 is 9.22. The van der Waals surface area contributed by atoms with Crippen LogP contribution in [0.3, 0.4) is 0 Å². The van der Waals surface area contributed by atoms with Crippen molar-refractivity contribution in [3.8, 4) is 0 Å². The lowest BCUT2D eigenvalue weighted by Gasteiger charge is -2.28. The van der Waals surface area contributed by atoms with Gasteiger partial charge >= 0.3 is 10.0 Å². The molecular formula is C8H21NO2Si. The van der Waals surface area contributed by atoms with E-state index in [0.717, 1.165) is 5.92 Å². The summed E-state index contributed by atoms with van der Waals surface area (Å²) >= 11 is 0. The van der Waals surface area contributed by atoms with E-state index < -0.39 is 10.0 Å². The third kappa shape index (κ3) is 5.71. The zero-order valence-electron chi connectivity index (χ0n) is 8.38. The zero-order valence-corrected chi connectivity index (χ0v) is 9.79. The molecule has 1 aliphatic rings. The Hall–Kier alpha value is 0.0969. The molecule has 0 bridgehead atoms. The van der Waals surface area contributed by atoms with Crippen molar-refractivity contribution in [2.75, 3.05) is 14.2 Å². The van der Waals surface area contributed by atoms with Gasteiger partial charge < -0.3 is 14.6 Å². The molecule has 12 heavy (non-hydrogen) atoms. The number of rotatable bonds is 3. The highest BCUT2D eigenvalue weighted by Crippen LogP contribution is 2.27. The van der Waals surface area contributed by atoms with Gasteiger partial charge in [-0.2, -0.15) is 0 Å². The van der Waals surface area contributed by atoms with Gasteiger partial charge in [0.15, 0.2) is 0 Å². The first-order valence-electron chi connectivity index (χ1n) is 4.45. The van der Waals surface area contributed by atoms with Crippen LogP contribution < -0.4 is 5.73 Å². The topological polar surface area (TPSA) is 44.5 Å². The van der Waals surface area contributed by atoms with Crippen molar-refractivity contribution in [1.82, 2.24) is 0 Å². The minimum atomic E-state index is -0.568. The molecule has 1 unspecified atom stereocenters. The van der Waals surface area contributed by atoms with Gasteiger partial charge in [-0.25, -0.2) is 0 Å². The summed E-state index contributed by atoms with van der Waals surface area (Å²) in [6, 6.07) is 0.453. The van der Waals surface area contributed by atoms with Gasteiger partial charge in [-0.15, -0.1) is 0 Å². The number of nitrogens with two attached hydrogens (primary N) is 1. The summed E-state index contributed by atoms with van der Waals surface area (Å²) in [6.07, 6.45) is 4.15. The zero-order chi connectivity index (χ0) is 9.40. The van der Waals surface area contributed by atoms with Gasteiger partial charge in [0.2, 0.25) is 0 Å². The van der Waals surface area contributed by atoms with Gasteiger partial charge in [0.1, 0.15) is 0 Å². The average Bonchev–Trinajstić information content (AvgIpc) is 1.85. The molecule has 0 saturated heterocycles. The van der Waals surface area contributed by atoms with Crippen molar-refractivity contribution >= 4 is 10.0 Å². The van der Waals surface area contributed by atoms with E-state index >= 15 is 0 Å². The van der Waals surface area contributed by atoms with Crippen molar-refractivity contribution in [1.29, 1.82) is 0 Å². The maximum Gasteiger partial charge on any atom is 0.303 e. The second-order valence-electron chi connectivity index (χ2n) is 3.25. The van der Waals surface area contributed by atoms with Crippen LogP contribution in [0.5, 0.6) is 0 Å². The molecule has 1 atom stereocenters. The molecule has 0 aromatic rings. The van der Waals surface area contributed by atoms with Crippen molar-refractivity contribution in [3.05, 3.63) is 0 Å². The maximum atomic E-state index is 5.60. The minimum Gasteiger partial charge on any atom is -0.402 e. The smallest absolute Gasteiger partial charge is 0.303 e. The fourth-order valence-electron chi connectivity index (χ4n) is 1.08. The normalized spacial score (nSPS) is 19.0. The van der Waals surface area contributed by atoms with E-state index in [1.807, 2.05) is 0 Å². The quantitative estimate of drug-likeness (QED) is 0.657. The lowest BCUT2D eigenvalue weighted by molar-refractivity contribution is 0.273. The van der Waals surface area contributed by atoms with Gasteiger partial charge in [0, 0.05) is 20.3 Å². The highest BCUT2D eigenvalue weighted by atomic mass is 28.3. The molecule has 0 heterocycles. The molecule has 0 aromatic carbocycles. The molecule has 3 nitrogen and oxygen atoms in total. The van der Waals surface area contributed by atoms with Crippen LogP contribution in [-0.2, 0) is 8.85 Å². The highest BCUT2D eigenvalue weighted by Gasteiger charge is 2.20. The summed E-state index contributed by atoms with van der Waals surface area (Å²) in [6.45, 7) is 2.10. The van der Waals surface area contributed by atoms with Gasteiger partial charge in [-0.1, -0.05) is 6.42 Å². The van der Waals surface area contributed by atoms with Crippen LogP contribution in [0.1, 0.15) is 26.2 Å². The van der Waals surface area contributed by atoms with E-state index in [0.29, 0.717) is 6.04 Å². The van der Waals surface area contributed by atoms with E-state index in [1.165, 1.54) is 19.3 Å². The van der Waals surface area contributed by atoms with Crippen molar-refractivity contribution in [3.63, 3.8) is 0 Å². The average molecular weight is 191 g/mol. The molecule has 4 heteroatoms. The van der Waals surface area contributed by atoms with E-state index in [9.17, 15) is 0 Å². The molecule has 2 N–H and O–H groups in total. The Balaban J connectivity index is 0.000000217. The molecule has 1 fully saturated rings. The standard InChI is InChI=1S/C6H13N.C2H8O2Si/c1-5(7)6-3-2-4-6;1-3-5-4-2/h5-6H,2-4,7H2,1H3;5H2,1-2H3. The molecule has 1 rings (SSSR count). The SMILES string of the molecule is CC(N)C1CCC1.CO[SiH2]OC. The third-order valence-electron chi connectivity index (χ3n) is 2.13. The van der Waals surface area contributed by atoms with E-state index in [4.69, 9.17) is 5.73 Å². The van der Waals surface area contributed by atoms with Crippen LogP contribution >= 0.6 is 0 Å². The summed E-state index contributed by atoms with van der Waals surface area (Å²) in [4.78, 5) is 0. The lowest BCUT2D eigenvalue weighted by Crippen LogP contribution is -2.31. The number of hydrogen-bond donors (Lipinski definition) is 1. The van der Waals surface area contributed by atoms with Crippen molar-refractivity contribution in [2.45, 2.75) is 32.2 Å². The first kappa shape index (κ1) is 12.1. The minimum absolute atomic E-state index is 0.453. The highest BCUT2D eigenvalue weighted by molar-refractivity contribution is 6.17. The molecule has 0 radical (unpaired) electrons. The molecular weight excluding hydrogens is 170 g/mol. The van der Waals surface area contributed by atoms with Gasteiger partial charge in [-0.3, -0.25) is 0 Å². The second kappa shape index (κ2) is 7.73. The largest absolute Gasteiger partial charge is 0.402 e. The van der Waals surface area contributed by atoms with Crippen LogP contribution in [0, 0.1) is 5.92 Å². The van der Waals surface area contributed by atoms with Crippen LogP contribution in [0.15, 0.2) is 0 Å². The van der Waals surface area contributed by atoms with Gasteiger partial charge in [0.05, 0.1) is 0 Å². The van der Waals surface area contributed by atoms with E-state index in [2.05, 4.69) is 15.8 Å². The molecule has 0 amide bonds. The fraction of sp³-hybridized carbons (Fsp3) is 1.00. The molecule has 0 aliphatic heterocycles. The Morgan fingerprint density at radius 1 is 1.33 bits per heavy atom. The summed E-state index contributed by atoms with van der Waals surface area (Å²) in [7, 11) is 2.73.